The Labute approximate surface area is 201 Å². The van der Waals surface area contributed by atoms with E-state index in [2.05, 4.69) is 25.7 Å². The van der Waals surface area contributed by atoms with Crippen LogP contribution < -0.4 is 10.6 Å². The van der Waals surface area contributed by atoms with Crippen LogP contribution in [-0.4, -0.2) is 48.4 Å². The van der Waals surface area contributed by atoms with Crippen molar-refractivity contribution in [1.29, 1.82) is 0 Å². The molecule has 0 radical (unpaired) electrons. The van der Waals surface area contributed by atoms with E-state index in [0.29, 0.717) is 18.7 Å². The summed E-state index contributed by atoms with van der Waals surface area (Å²) in [6.45, 7) is 7.28. The molecular weight excluding hydrogens is 455 g/mol. The molecule has 1 amide bonds. The Morgan fingerprint density at radius 3 is 2.71 bits per heavy atom. The number of carboxylic acids is 1. The van der Waals surface area contributed by atoms with Gasteiger partial charge in [-0.25, -0.2) is 23.5 Å². The summed E-state index contributed by atoms with van der Waals surface area (Å²) in [7, 11) is 0. The van der Waals surface area contributed by atoms with Crippen LogP contribution in [0.25, 0.3) is 5.65 Å². The Hall–Kier alpha value is -3.76. The van der Waals surface area contributed by atoms with E-state index >= 15 is 0 Å². The minimum atomic E-state index is -1.11. The molecule has 1 fully saturated rings. The molecule has 4 rings (SSSR count). The molecule has 1 aliphatic rings. The van der Waals surface area contributed by atoms with Crippen molar-refractivity contribution in [3.05, 3.63) is 53.4 Å². The molecule has 3 N–H and O–H groups in total. The number of carbonyl (C=O) groups is 2. The van der Waals surface area contributed by atoms with E-state index in [-0.39, 0.29) is 17.3 Å². The molecule has 10 nitrogen and oxygen atoms in total. The predicted molar refractivity (Wildman–Crippen MR) is 126 cm³/mol. The lowest BCUT2D eigenvalue weighted by molar-refractivity contribution is 0.0505. The first-order valence-corrected chi connectivity index (χ1v) is 11.5. The SMILES string of the molecule is CC(CCc1ncc(F)cc1C1(Nc2ccn3ncc(C(=O)O)c3n2)CC1)NC(=O)OC(C)(C)C. The zero-order valence-electron chi connectivity index (χ0n) is 20.1. The number of amides is 1. The zero-order valence-corrected chi connectivity index (χ0v) is 20.1. The van der Waals surface area contributed by atoms with Crippen LogP contribution in [0.5, 0.6) is 0 Å². The fourth-order valence-electron chi connectivity index (χ4n) is 3.94. The first-order chi connectivity index (χ1) is 16.5. The van der Waals surface area contributed by atoms with Crippen LogP contribution in [0.1, 0.15) is 68.6 Å². The second-order valence-electron chi connectivity index (χ2n) is 9.89. The van der Waals surface area contributed by atoms with Gasteiger partial charge in [0.05, 0.1) is 17.9 Å². The number of hydrogen-bond donors (Lipinski definition) is 3. The second-order valence-corrected chi connectivity index (χ2v) is 9.89. The Morgan fingerprint density at radius 1 is 1.31 bits per heavy atom. The molecule has 1 unspecified atom stereocenters. The van der Waals surface area contributed by atoms with Gasteiger partial charge >= 0.3 is 12.1 Å². The van der Waals surface area contributed by atoms with E-state index in [1.54, 1.807) is 33.0 Å². The fourth-order valence-corrected chi connectivity index (χ4v) is 3.94. The summed E-state index contributed by atoms with van der Waals surface area (Å²) in [5.41, 5.74) is 0.539. The van der Waals surface area contributed by atoms with Crippen molar-refractivity contribution in [3.8, 4) is 0 Å². The van der Waals surface area contributed by atoms with Crippen molar-refractivity contribution in [2.45, 2.75) is 70.6 Å². The second kappa shape index (κ2) is 9.12. The molecule has 1 atom stereocenters. The van der Waals surface area contributed by atoms with Gasteiger partial charge in [-0.3, -0.25) is 4.98 Å². The summed E-state index contributed by atoms with van der Waals surface area (Å²) in [6.07, 6.45) is 6.18. The van der Waals surface area contributed by atoms with Crippen molar-refractivity contribution >= 4 is 23.5 Å². The molecule has 35 heavy (non-hydrogen) atoms. The Balaban J connectivity index is 1.50. The Kier molecular flexibility index (Phi) is 6.35. The van der Waals surface area contributed by atoms with Gasteiger partial charge in [-0.2, -0.15) is 5.10 Å². The number of alkyl carbamates (subject to hydrolysis) is 1. The number of aromatic nitrogens is 4. The predicted octanol–water partition coefficient (Wildman–Crippen LogP) is 3.91. The van der Waals surface area contributed by atoms with E-state index in [1.807, 2.05) is 6.92 Å². The summed E-state index contributed by atoms with van der Waals surface area (Å²) in [5, 5.41) is 19.6. The number of anilines is 1. The summed E-state index contributed by atoms with van der Waals surface area (Å²) in [5.74, 6) is -1.09. The smallest absolute Gasteiger partial charge is 0.407 e. The molecule has 0 bridgehead atoms. The molecular formula is C24H29FN6O4. The van der Waals surface area contributed by atoms with E-state index in [9.17, 15) is 19.1 Å². The number of aromatic carboxylic acids is 1. The van der Waals surface area contributed by atoms with Gasteiger partial charge in [0, 0.05) is 23.5 Å². The highest BCUT2D eigenvalue weighted by atomic mass is 19.1. The number of halogens is 1. The third-order valence-electron chi connectivity index (χ3n) is 5.75. The van der Waals surface area contributed by atoms with Crippen LogP contribution >= 0.6 is 0 Å². The van der Waals surface area contributed by atoms with Crippen LogP contribution in [0.3, 0.4) is 0 Å². The summed E-state index contributed by atoms with van der Waals surface area (Å²) < 4.78 is 20.9. The van der Waals surface area contributed by atoms with Gasteiger partial charge in [0.15, 0.2) is 5.65 Å². The first kappa shape index (κ1) is 24.4. The number of carbonyl (C=O) groups excluding carboxylic acids is 1. The van der Waals surface area contributed by atoms with Crippen LogP contribution in [0.2, 0.25) is 0 Å². The number of rotatable bonds is 8. The van der Waals surface area contributed by atoms with Gasteiger partial charge in [0.25, 0.3) is 0 Å². The van der Waals surface area contributed by atoms with Gasteiger partial charge in [-0.15, -0.1) is 0 Å². The quantitative estimate of drug-likeness (QED) is 0.439. The highest BCUT2D eigenvalue weighted by Crippen LogP contribution is 2.49. The molecule has 1 aliphatic carbocycles. The minimum Gasteiger partial charge on any atom is -0.477 e. The van der Waals surface area contributed by atoms with E-state index < -0.39 is 29.0 Å². The number of hydrogen-bond acceptors (Lipinski definition) is 7. The lowest BCUT2D eigenvalue weighted by Gasteiger charge is -2.23. The molecule has 0 saturated heterocycles. The third kappa shape index (κ3) is 5.67. The van der Waals surface area contributed by atoms with E-state index in [0.717, 1.165) is 24.1 Å². The van der Waals surface area contributed by atoms with Gasteiger partial charge in [-0.1, -0.05) is 0 Å². The number of ether oxygens (including phenoxy) is 1. The number of nitrogens with zero attached hydrogens (tertiary/aromatic N) is 4. The average molecular weight is 485 g/mol. The molecule has 186 valence electrons. The maximum atomic E-state index is 14.2. The number of carboxylic acid groups (broad SMARTS) is 1. The fraction of sp³-hybridized carbons (Fsp3) is 0.458. The minimum absolute atomic E-state index is 0.00177. The molecule has 1 saturated carbocycles. The highest BCUT2D eigenvalue weighted by Gasteiger charge is 2.46. The standard InChI is InChI=1S/C24H29FN6O4/c1-14(28-22(34)35-23(2,3)4)5-6-18-17(11-15(25)12-26-18)24(8-9-24)30-19-7-10-31-20(29-19)16(13-27-31)21(32)33/h7,10-14H,5-6,8-9H2,1-4H3,(H,28,34)(H,29,30)(H,32,33). The van der Waals surface area contributed by atoms with Crippen molar-refractivity contribution in [2.24, 2.45) is 0 Å². The van der Waals surface area contributed by atoms with Crippen LogP contribution in [0.15, 0.2) is 30.7 Å². The van der Waals surface area contributed by atoms with Crippen LogP contribution in [-0.2, 0) is 16.7 Å². The molecule has 3 aromatic rings. The normalized spacial score (nSPS) is 15.5. The number of aryl methyl sites for hydroxylation is 1. The summed E-state index contributed by atoms with van der Waals surface area (Å²) in [4.78, 5) is 32.3. The number of fused-ring (bicyclic) bond motifs is 1. The maximum Gasteiger partial charge on any atom is 0.407 e. The summed E-state index contributed by atoms with van der Waals surface area (Å²) >= 11 is 0. The molecule has 0 spiro atoms. The summed E-state index contributed by atoms with van der Waals surface area (Å²) in [6, 6.07) is 3.01. The first-order valence-electron chi connectivity index (χ1n) is 11.5. The molecule has 11 heteroatoms. The van der Waals surface area contributed by atoms with Crippen molar-refractivity contribution in [3.63, 3.8) is 0 Å². The Bertz CT molecular complexity index is 1260. The molecule has 3 heterocycles. The Morgan fingerprint density at radius 2 is 2.06 bits per heavy atom. The maximum absolute atomic E-state index is 14.2. The lowest BCUT2D eigenvalue weighted by atomic mass is 9.98. The molecule has 3 aromatic heterocycles. The highest BCUT2D eigenvalue weighted by molar-refractivity contribution is 5.94. The van der Waals surface area contributed by atoms with Gasteiger partial charge < -0.3 is 20.5 Å². The van der Waals surface area contributed by atoms with Crippen LogP contribution in [0, 0.1) is 5.82 Å². The van der Waals surface area contributed by atoms with E-state index in [1.165, 1.54) is 23.0 Å². The third-order valence-corrected chi connectivity index (χ3v) is 5.75. The van der Waals surface area contributed by atoms with Gasteiger partial charge in [0.2, 0.25) is 0 Å². The van der Waals surface area contributed by atoms with Crippen molar-refractivity contribution < 1.29 is 23.8 Å². The van der Waals surface area contributed by atoms with E-state index in [4.69, 9.17) is 4.74 Å². The number of nitrogens with one attached hydrogen (secondary N) is 2. The molecule has 0 aliphatic heterocycles. The lowest BCUT2D eigenvalue weighted by Crippen LogP contribution is -2.38. The van der Waals surface area contributed by atoms with Gasteiger partial charge in [-0.05, 0) is 65.5 Å². The zero-order chi connectivity index (χ0) is 25.4. The molecule has 0 aromatic carbocycles. The topological polar surface area (TPSA) is 131 Å². The van der Waals surface area contributed by atoms with Crippen molar-refractivity contribution in [2.75, 3.05) is 5.32 Å². The monoisotopic (exact) mass is 484 g/mol. The number of pyridine rings is 1. The van der Waals surface area contributed by atoms with Crippen molar-refractivity contribution in [1.82, 2.24) is 24.9 Å². The average Bonchev–Trinajstić information content (AvgIpc) is 3.40. The van der Waals surface area contributed by atoms with Crippen LogP contribution in [0.4, 0.5) is 15.0 Å². The largest absolute Gasteiger partial charge is 0.477 e. The van der Waals surface area contributed by atoms with Gasteiger partial charge in [0.1, 0.15) is 22.8 Å².